The standard InChI is InChI=1S/C15H18N2OS/c1-10-4-6-13(7-5-10)19(18)9-14-12(3)15(16)11(2)8-17-14/h4-8H,9H2,1-3H3,(H2,16,17). The molecule has 0 bridgehead atoms. The first kappa shape index (κ1) is 13.7. The molecule has 1 unspecified atom stereocenters. The average molecular weight is 274 g/mol. The van der Waals surface area contributed by atoms with E-state index in [-0.39, 0.29) is 0 Å². The van der Waals surface area contributed by atoms with Gasteiger partial charge in [0.1, 0.15) is 0 Å². The summed E-state index contributed by atoms with van der Waals surface area (Å²) in [5.74, 6) is 0.402. The van der Waals surface area contributed by atoms with E-state index in [1.807, 2.05) is 45.0 Å². The summed E-state index contributed by atoms with van der Waals surface area (Å²) < 4.78 is 12.3. The van der Waals surface area contributed by atoms with Gasteiger partial charge in [-0.25, -0.2) is 0 Å². The fourth-order valence-corrected chi connectivity index (χ4v) is 2.98. The van der Waals surface area contributed by atoms with Gasteiger partial charge in [0.15, 0.2) is 0 Å². The second kappa shape index (κ2) is 5.53. The van der Waals surface area contributed by atoms with Crippen molar-refractivity contribution in [1.29, 1.82) is 0 Å². The van der Waals surface area contributed by atoms with E-state index in [1.165, 1.54) is 0 Å². The van der Waals surface area contributed by atoms with Crippen LogP contribution >= 0.6 is 0 Å². The third-order valence-corrected chi connectivity index (χ3v) is 4.56. The molecule has 1 aromatic heterocycles. The quantitative estimate of drug-likeness (QED) is 0.936. The van der Waals surface area contributed by atoms with Crippen LogP contribution in [0.3, 0.4) is 0 Å². The number of hydrogen-bond acceptors (Lipinski definition) is 3. The summed E-state index contributed by atoms with van der Waals surface area (Å²) in [6.07, 6.45) is 1.74. The molecule has 100 valence electrons. The van der Waals surface area contributed by atoms with Crippen LogP contribution in [0, 0.1) is 20.8 Å². The van der Waals surface area contributed by atoms with E-state index in [4.69, 9.17) is 5.73 Å². The van der Waals surface area contributed by atoms with E-state index in [9.17, 15) is 4.21 Å². The maximum atomic E-state index is 12.3. The molecular formula is C15H18N2OS. The van der Waals surface area contributed by atoms with Gasteiger partial charge in [-0.05, 0) is 44.0 Å². The van der Waals surface area contributed by atoms with E-state index < -0.39 is 10.8 Å². The van der Waals surface area contributed by atoms with E-state index >= 15 is 0 Å². The lowest BCUT2D eigenvalue weighted by Crippen LogP contribution is -2.05. The number of nitrogens with two attached hydrogens (primary N) is 1. The molecule has 2 rings (SSSR count). The summed E-state index contributed by atoms with van der Waals surface area (Å²) in [5, 5.41) is 0. The molecule has 1 aromatic carbocycles. The number of rotatable bonds is 3. The third kappa shape index (κ3) is 3.01. The minimum absolute atomic E-state index is 0.402. The Bertz CT molecular complexity index is 621. The van der Waals surface area contributed by atoms with Crippen molar-refractivity contribution in [3.8, 4) is 0 Å². The average Bonchev–Trinajstić information content (AvgIpc) is 2.40. The second-order valence-corrected chi connectivity index (χ2v) is 6.18. The molecule has 0 aliphatic rings. The Morgan fingerprint density at radius 2 is 1.79 bits per heavy atom. The van der Waals surface area contributed by atoms with Crippen LogP contribution in [0.25, 0.3) is 0 Å². The van der Waals surface area contributed by atoms with Crippen molar-refractivity contribution in [3.63, 3.8) is 0 Å². The van der Waals surface area contributed by atoms with Crippen LogP contribution in [0.5, 0.6) is 0 Å². The Hall–Kier alpha value is -1.68. The van der Waals surface area contributed by atoms with Gasteiger partial charge >= 0.3 is 0 Å². The van der Waals surface area contributed by atoms with Gasteiger partial charge in [0.25, 0.3) is 0 Å². The molecule has 3 nitrogen and oxygen atoms in total. The van der Waals surface area contributed by atoms with Crippen LogP contribution in [0.2, 0.25) is 0 Å². The van der Waals surface area contributed by atoms with Crippen molar-refractivity contribution in [2.45, 2.75) is 31.4 Å². The third-order valence-electron chi connectivity index (χ3n) is 3.23. The minimum Gasteiger partial charge on any atom is -0.398 e. The maximum Gasteiger partial charge on any atom is 0.0709 e. The number of pyridine rings is 1. The lowest BCUT2D eigenvalue weighted by Gasteiger charge is -2.10. The van der Waals surface area contributed by atoms with Crippen LogP contribution in [0.4, 0.5) is 5.69 Å². The first-order valence-corrected chi connectivity index (χ1v) is 7.46. The van der Waals surface area contributed by atoms with Crippen LogP contribution in [0.1, 0.15) is 22.4 Å². The molecule has 1 atom stereocenters. The minimum atomic E-state index is -1.09. The highest BCUT2D eigenvalue weighted by Gasteiger charge is 2.11. The van der Waals surface area contributed by atoms with Crippen LogP contribution < -0.4 is 5.73 Å². The SMILES string of the molecule is Cc1ccc(S(=O)Cc2ncc(C)c(N)c2C)cc1. The molecule has 0 aliphatic carbocycles. The molecule has 0 spiro atoms. The van der Waals surface area contributed by atoms with E-state index in [0.29, 0.717) is 5.75 Å². The van der Waals surface area contributed by atoms with Gasteiger partial charge in [0.2, 0.25) is 0 Å². The normalized spacial score (nSPS) is 12.4. The molecule has 2 aromatic rings. The van der Waals surface area contributed by atoms with Crippen molar-refractivity contribution in [3.05, 3.63) is 52.8 Å². The number of nitrogens with zero attached hydrogens (tertiary/aromatic N) is 1. The van der Waals surface area contributed by atoms with Gasteiger partial charge in [0, 0.05) is 16.8 Å². The zero-order valence-electron chi connectivity index (χ0n) is 11.4. The highest BCUT2D eigenvalue weighted by molar-refractivity contribution is 7.84. The van der Waals surface area contributed by atoms with Gasteiger partial charge in [-0.3, -0.25) is 9.19 Å². The molecule has 0 saturated carbocycles. The zero-order chi connectivity index (χ0) is 14.0. The van der Waals surface area contributed by atoms with Gasteiger partial charge in [-0.15, -0.1) is 0 Å². The molecule has 0 radical (unpaired) electrons. The van der Waals surface area contributed by atoms with Crippen molar-refractivity contribution in [1.82, 2.24) is 4.98 Å². The Kier molecular flexibility index (Phi) is 4.00. The lowest BCUT2D eigenvalue weighted by molar-refractivity contribution is 0.682. The summed E-state index contributed by atoms with van der Waals surface area (Å²) in [4.78, 5) is 5.17. The van der Waals surface area contributed by atoms with E-state index in [2.05, 4.69) is 4.98 Å². The second-order valence-electron chi connectivity index (χ2n) is 4.73. The topological polar surface area (TPSA) is 56.0 Å². The summed E-state index contributed by atoms with van der Waals surface area (Å²) >= 11 is 0. The first-order valence-electron chi connectivity index (χ1n) is 6.14. The molecule has 1 heterocycles. The van der Waals surface area contributed by atoms with Gasteiger partial charge < -0.3 is 5.73 Å². The molecule has 0 amide bonds. The molecule has 2 N–H and O–H groups in total. The Balaban J connectivity index is 2.24. The molecule has 0 fully saturated rings. The van der Waals surface area contributed by atoms with Crippen molar-refractivity contribution >= 4 is 16.5 Å². The Morgan fingerprint density at radius 3 is 2.42 bits per heavy atom. The monoisotopic (exact) mass is 274 g/mol. The molecule has 0 aliphatic heterocycles. The molecule has 0 saturated heterocycles. The fraction of sp³-hybridized carbons (Fsp3) is 0.267. The summed E-state index contributed by atoms with van der Waals surface area (Å²) in [6, 6.07) is 7.74. The first-order chi connectivity index (χ1) is 8.99. The number of nitrogen functional groups attached to an aromatic ring is 1. The summed E-state index contributed by atoms with van der Waals surface area (Å²) in [6.45, 7) is 5.87. The van der Waals surface area contributed by atoms with Crippen LogP contribution in [-0.4, -0.2) is 9.19 Å². The molecule has 4 heteroatoms. The highest BCUT2D eigenvalue weighted by atomic mass is 32.2. The molecule has 19 heavy (non-hydrogen) atoms. The van der Waals surface area contributed by atoms with Gasteiger partial charge in [-0.1, -0.05) is 17.7 Å². The molecular weight excluding hydrogens is 256 g/mol. The highest BCUT2D eigenvalue weighted by Crippen LogP contribution is 2.20. The predicted octanol–water partition coefficient (Wildman–Crippen LogP) is 2.90. The number of aryl methyl sites for hydroxylation is 2. The van der Waals surface area contributed by atoms with Gasteiger partial charge in [0.05, 0.1) is 22.2 Å². The Morgan fingerprint density at radius 1 is 1.16 bits per heavy atom. The van der Waals surface area contributed by atoms with Crippen molar-refractivity contribution < 1.29 is 4.21 Å². The van der Waals surface area contributed by atoms with Crippen LogP contribution in [-0.2, 0) is 16.6 Å². The van der Waals surface area contributed by atoms with E-state index in [1.54, 1.807) is 6.20 Å². The fourth-order valence-electron chi connectivity index (χ4n) is 1.84. The predicted molar refractivity (Wildman–Crippen MR) is 79.4 cm³/mol. The Labute approximate surface area is 116 Å². The van der Waals surface area contributed by atoms with Crippen molar-refractivity contribution in [2.75, 3.05) is 5.73 Å². The summed E-state index contributed by atoms with van der Waals surface area (Å²) in [5.41, 5.74) is 10.6. The number of aromatic nitrogens is 1. The number of anilines is 1. The zero-order valence-corrected chi connectivity index (χ0v) is 12.3. The van der Waals surface area contributed by atoms with Crippen molar-refractivity contribution in [2.24, 2.45) is 0 Å². The maximum absolute atomic E-state index is 12.3. The van der Waals surface area contributed by atoms with E-state index in [0.717, 1.165) is 33.0 Å². The largest absolute Gasteiger partial charge is 0.398 e. The smallest absolute Gasteiger partial charge is 0.0709 e. The summed E-state index contributed by atoms with van der Waals surface area (Å²) in [7, 11) is -1.09. The number of hydrogen-bond donors (Lipinski definition) is 1. The lowest BCUT2D eigenvalue weighted by atomic mass is 10.1. The van der Waals surface area contributed by atoms with Crippen LogP contribution in [0.15, 0.2) is 35.4 Å². The number of benzene rings is 1. The van der Waals surface area contributed by atoms with Gasteiger partial charge in [-0.2, -0.15) is 0 Å².